The van der Waals surface area contributed by atoms with Crippen LogP contribution in [-0.2, 0) is 14.3 Å². The van der Waals surface area contributed by atoms with Gasteiger partial charge in [0.15, 0.2) is 0 Å². The topological polar surface area (TPSA) is 90.9 Å². The Hall–Kier alpha value is -3.26. The maximum absolute atomic E-state index is 12.4. The molecule has 2 aromatic heterocycles. The summed E-state index contributed by atoms with van der Waals surface area (Å²) in [5.74, 6) is -0.151. The van der Waals surface area contributed by atoms with Crippen molar-refractivity contribution in [3.63, 3.8) is 0 Å². The van der Waals surface area contributed by atoms with E-state index >= 15 is 0 Å². The highest BCUT2D eigenvalue weighted by molar-refractivity contribution is 5.91. The van der Waals surface area contributed by atoms with Crippen LogP contribution in [-0.4, -0.2) is 66.3 Å². The van der Waals surface area contributed by atoms with Gasteiger partial charge < -0.3 is 19.1 Å². The highest BCUT2D eigenvalue weighted by atomic mass is 16.5. The lowest BCUT2D eigenvalue weighted by Gasteiger charge is -2.32. The molecule has 3 rings (SSSR count). The quantitative estimate of drug-likeness (QED) is 0.552. The number of carbonyl (C=O) groups excluding carboxylic acids is 2. The lowest BCUT2D eigenvalue weighted by Crippen LogP contribution is -2.47. The summed E-state index contributed by atoms with van der Waals surface area (Å²) >= 11 is 0. The van der Waals surface area contributed by atoms with E-state index in [9.17, 15) is 9.59 Å². The Morgan fingerprint density at radius 3 is 3.04 bits per heavy atom. The Labute approximate surface area is 162 Å². The summed E-state index contributed by atoms with van der Waals surface area (Å²) in [7, 11) is 1.31. The minimum Gasteiger partial charge on any atom is -0.489 e. The molecule has 0 bridgehead atoms. The van der Waals surface area contributed by atoms with Gasteiger partial charge >= 0.3 is 5.97 Å². The fourth-order valence-electron chi connectivity index (χ4n) is 2.67. The van der Waals surface area contributed by atoms with Crippen molar-refractivity contribution >= 4 is 18.0 Å². The van der Waals surface area contributed by atoms with Crippen LogP contribution < -0.4 is 4.74 Å². The first-order valence-electron chi connectivity index (χ1n) is 8.81. The number of aromatic nitrogens is 2. The Morgan fingerprint density at radius 1 is 1.36 bits per heavy atom. The van der Waals surface area contributed by atoms with Crippen LogP contribution in [0.4, 0.5) is 0 Å². The second kappa shape index (κ2) is 9.61. The van der Waals surface area contributed by atoms with Crippen molar-refractivity contribution in [2.45, 2.75) is 6.10 Å². The van der Waals surface area contributed by atoms with Crippen molar-refractivity contribution in [2.75, 3.05) is 33.4 Å². The monoisotopic (exact) mass is 383 g/mol. The van der Waals surface area contributed by atoms with Gasteiger partial charge in [0.1, 0.15) is 18.5 Å². The van der Waals surface area contributed by atoms with Gasteiger partial charge in [-0.05, 0) is 24.3 Å². The Balaban J connectivity index is 1.53. The first-order valence-corrected chi connectivity index (χ1v) is 8.81. The van der Waals surface area contributed by atoms with E-state index in [0.29, 0.717) is 31.0 Å². The molecule has 1 aliphatic heterocycles. The van der Waals surface area contributed by atoms with E-state index in [2.05, 4.69) is 14.7 Å². The average Bonchev–Trinajstić information content (AvgIpc) is 2.76. The molecule has 2 aromatic rings. The van der Waals surface area contributed by atoms with E-state index in [1.165, 1.54) is 25.6 Å². The maximum atomic E-state index is 12.4. The number of pyridine rings is 2. The van der Waals surface area contributed by atoms with Crippen molar-refractivity contribution in [3.8, 4) is 5.75 Å². The van der Waals surface area contributed by atoms with Gasteiger partial charge in [0, 0.05) is 25.0 Å². The molecule has 1 fully saturated rings. The normalized spacial score (nSPS) is 16.8. The highest BCUT2D eigenvalue weighted by Gasteiger charge is 2.23. The minimum atomic E-state index is -0.483. The number of ether oxygens (including phenoxy) is 3. The fraction of sp³-hybridized carbons (Fsp3) is 0.300. The van der Waals surface area contributed by atoms with E-state index in [1.807, 2.05) is 18.2 Å². The second-order valence-electron chi connectivity index (χ2n) is 6.08. The third-order valence-corrected chi connectivity index (χ3v) is 4.11. The summed E-state index contributed by atoms with van der Waals surface area (Å²) in [6.07, 6.45) is 7.51. The van der Waals surface area contributed by atoms with Gasteiger partial charge in [0.05, 0.1) is 37.7 Å². The molecular formula is C20H21N3O5. The molecule has 3 heterocycles. The summed E-state index contributed by atoms with van der Waals surface area (Å²) < 4.78 is 16.0. The van der Waals surface area contributed by atoms with Gasteiger partial charge in [0.25, 0.3) is 0 Å². The standard InChI is InChI=1S/C20H21N3O5/c1-26-20(25)15-10-17(12-21-11-15)28-14-18-13-23(8-9-27-18)19(24)6-5-16-4-2-3-7-22-16/h2-7,10-12,18H,8-9,13-14H2,1H3/b6-5+. The van der Waals surface area contributed by atoms with E-state index in [4.69, 9.17) is 9.47 Å². The van der Waals surface area contributed by atoms with Crippen LogP contribution in [0.2, 0.25) is 0 Å². The zero-order valence-corrected chi connectivity index (χ0v) is 15.5. The van der Waals surface area contributed by atoms with Gasteiger partial charge in [-0.2, -0.15) is 0 Å². The van der Waals surface area contributed by atoms with Crippen LogP contribution in [0.5, 0.6) is 5.75 Å². The second-order valence-corrected chi connectivity index (χ2v) is 6.08. The lowest BCUT2D eigenvalue weighted by molar-refractivity contribution is -0.134. The van der Waals surface area contributed by atoms with Crippen LogP contribution >= 0.6 is 0 Å². The van der Waals surface area contributed by atoms with Gasteiger partial charge in [-0.1, -0.05) is 6.07 Å². The molecular weight excluding hydrogens is 362 g/mol. The Kier molecular flexibility index (Phi) is 6.69. The predicted octanol–water partition coefficient (Wildman–Crippen LogP) is 1.58. The first-order chi connectivity index (χ1) is 13.7. The fourth-order valence-corrected chi connectivity index (χ4v) is 2.67. The lowest BCUT2D eigenvalue weighted by atomic mass is 10.2. The number of hydrogen-bond donors (Lipinski definition) is 0. The first kappa shape index (κ1) is 19.5. The van der Waals surface area contributed by atoms with Gasteiger partial charge in [-0.25, -0.2) is 4.79 Å². The van der Waals surface area contributed by atoms with Crippen LogP contribution in [0.1, 0.15) is 16.1 Å². The van der Waals surface area contributed by atoms with Crippen molar-refractivity contribution in [2.24, 2.45) is 0 Å². The van der Waals surface area contributed by atoms with E-state index in [1.54, 1.807) is 23.2 Å². The van der Waals surface area contributed by atoms with Crippen LogP contribution in [0.3, 0.4) is 0 Å². The molecule has 1 unspecified atom stereocenters. The molecule has 0 aliphatic carbocycles. The van der Waals surface area contributed by atoms with Crippen LogP contribution in [0, 0.1) is 0 Å². The van der Waals surface area contributed by atoms with E-state index in [0.717, 1.165) is 5.69 Å². The smallest absolute Gasteiger partial charge is 0.339 e. The Bertz CT molecular complexity index is 841. The third kappa shape index (κ3) is 5.37. The number of nitrogens with zero attached hydrogens (tertiary/aromatic N) is 3. The minimum absolute atomic E-state index is 0.103. The van der Waals surface area contributed by atoms with Gasteiger partial charge in [-0.3, -0.25) is 14.8 Å². The molecule has 1 atom stereocenters. The molecule has 1 saturated heterocycles. The maximum Gasteiger partial charge on any atom is 0.339 e. The molecule has 8 heteroatoms. The van der Waals surface area contributed by atoms with E-state index < -0.39 is 5.97 Å². The molecule has 0 aromatic carbocycles. The molecule has 0 spiro atoms. The summed E-state index contributed by atoms with van der Waals surface area (Å²) in [4.78, 5) is 33.8. The zero-order chi connectivity index (χ0) is 19.8. The number of esters is 1. The highest BCUT2D eigenvalue weighted by Crippen LogP contribution is 2.14. The van der Waals surface area contributed by atoms with Crippen molar-refractivity contribution in [1.29, 1.82) is 0 Å². The summed E-state index contributed by atoms with van der Waals surface area (Å²) in [6, 6.07) is 7.07. The molecule has 0 radical (unpaired) electrons. The van der Waals surface area contributed by atoms with Crippen molar-refractivity contribution < 1.29 is 23.8 Å². The molecule has 0 N–H and O–H groups in total. The third-order valence-electron chi connectivity index (χ3n) is 4.11. The molecule has 28 heavy (non-hydrogen) atoms. The van der Waals surface area contributed by atoms with Gasteiger partial charge in [0.2, 0.25) is 5.91 Å². The number of rotatable bonds is 6. The largest absolute Gasteiger partial charge is 0.489 e. The number of carbonyl (C=O) groups is 2. The molecule has 8 nitrogen and oxygen atoms in total. The average molecular weight is 383 g/mol. The van der Waals surface area contributed by atoms with Crippen molar-refractivity contribution in [1.82, 2.24) is 14.9 Å². The summed E-state index contributed by atoms with van der Waals surface area (Å²) in [5.41, 5.74) is 1.03. The van der Waals surface area contributed by atoms with E-state index in [-0.39, 0.29) is 18.6 Å². The zero-order valence-electron chi connectivity index (χ0n) is 15.5. The molecule has 146 valence electrons. The molecule has 1 amide bonds. The molecule has 1 aliphatic rings. The van der Waals surface area contributed by atoms with Crippen LogP contribution in [0.25, 0.3) is 6.08 Å². The number of methoxy groups -OCH3 is 1. The molecule has 0 saturated carbocycles. The summed E-state index contributed by atoms with van der Waals surface area (Å²) in [5, 5.41) is 0. The predicted molar refractivity (Wildman–Crippen MR) is 101 cm³/mol. The number of morpholine rings is 1. The Morgan fingerprint density at radius 2 is 2.25 bits per heavy atom. The number of hydrogen-bond acceptors (Lipinski definition) is 7. The van der Waals surface area contributed by atoms with Crippen LogP contribution in [0.15, 0.2) is 48.9 Å². The van der Waals surface area contributed by atoms with Crippen molar-refractivity contribution in [3.05, 3.63) is 60.2 Å². The summed E-state index contributed by atoms with van der Waals surface area (Å²) in [6.45, 7) is 1.59. The van der Waals surface area contributed by atoms with Gasteiger partial charge in [-0.15, -0.1) is 0 Å². The SMILES string of the molecule is COC(=O)c1cncc(OCC2CN(C(=O)/C=C/c3ccccn3)CCO2)c1. The number of amides is 1.